The van der Waals surface area contributed by atoms with Crippen molar-refractivity contribution >= 4 is 11.8 Å². The number of carbonyl (C=O) groups excluding carboxylic acids is 1. The summed E-state index contributed by atoms with van der Waals surface area (Å²) < 4.78 is 0. The van der Waals surface area contributed by atoms with Crippen LogP contribution in [0.1, 0.15) is 40.5 Å². The number of hydrogen-bond acceptors (Lipinski definition) is 3. The summed E-state index contributed by atoms with van der Waals surface area (Å²) in [5.41, 5.74) is 2.65. The molecule has 0 aromatic heterocycles. The topological polar surface area (TPSA) is 32.7 Å². The molecule has 0 unspecified atom stereocenters. The van der Waals surface area contributed by atoms with Crippen molar-refractivity contribution in [2.45, 2.75) is 40.5 Å². The Kier molecular flexibility index (Phi) is 19.7. The van der Waals surface area contributed by atoms with Crippen LogP contribution in [0.3, 0.4) is 0 Å². The molecule has 1 fully saturated rings. The Bertz CT molecular complexity index is 619. The molecule has 0 amide bonds. The standard InChI is InChI=1S/C13H9NO.C6H12N.2C2H6.W/c15-10-14-13-9-5-4-8-12(13)11-6-2-1-3-7-11;1-7-5-3-2-4-6-7;2*1-2;/h1-9H;2H,3-6H2,1H3;2*1-2H3;/q;-1;;;. The van der Waals surface area contributed by atoms with Gasteiger partial charge in [-0.15, -0.1) is 0 Å². The van der Waals surface area contributed by atoms with E-state index in [9.17, 15) is 4.79 Å². The molecule has 27 heavy (non-hydrogen) atoms. The van der Waals surface area contributed by atoms with Crippen LogP contribution in [-0.2, 0) is 25.9 Å². The average molecular weight is 537 g/mol. The van der Waals surface area contributed by atoms with Crippen LogP contribution in [0.15, 0.2) is 59.6 Å². The first-order valence-corrected chi connectivity index (χ1v) is 9.54. The van der Waals surface area contributed by atoms with Gasteiger partial charge in [0.15, 0.2) is 0 Å². The molecular formula is C23H33N2OW-. The third-order valence-corrected chi connectivity index (χ3v) is 3.58. The minimum absolute atomic E-state index is 0. The summed E-state index contributed by atoms with van der Waals surface area (Å²) in [4.78, 5) is 16.3. The smallest absolute Gasteiger partial charge is 0.240 e. The van der Waals surface area contributed by atoms with E-state index in [2.05, 4.69) is 23.4 Å². The minimum atomic E-state index is 0. The zero-order valence-corrected chi connectivity index (χ0v) is 20.2. The molecule has 0 radical (unpaired) electrons. The second-order valence-electron chi connectivity index (χ2n) is 5.26. The molecule has 0 atom stereocenters. The van der Waals surface area contributed by atoms with Crippen molar-refractivity contribution in [3.63, 3.8) is 0 Å². The minimum Gasteiger partial charge on any atom is -0.326 e. The summed E-state index contributed by atoms with van der Waals surface area (Å²) in [6, 6.07) is 17.3. The summed E-state index contributed by atoms with van der Waals surface area (Å²) in [5.74, 6) is 0. The van der Waals surface area contributed by atoms with Crippen molar-refractivity contribution in [1.29, 1.82) is 0 Å². The number of hydrogen-bond donors (Lipinski definition) is 0. The molecule has 2 aromatic carbocycles. The number of nitrogens with zero attached hydrogens (tertiary/aromatic N) is 2. The SMILES string of the molecule is CC.CC.CN1CC[CH-]CC1.O=C=Nc1ccccc1-c1ccccc1.[W]. The van der Waals surface area contributed by atoms with E-state index in [-0.39, 0.29) is 21.1 Å². The van der Waals surface area contributed by atoms with Crippen LogP contribution < -0.4 is 0 Å². The summed E-state index contributed by atoms with van der Waals surface area (Å²) in [6.07, 6.45) is 6.51. The summed E-state index contributed by atoms with van der Waals surface area (Å²) >= 11 is 0. The Labute approximate surface area is 180 Å². The number of aliphatic imine (C=N–C) groups is 1. The van der Waals surface area contributed by atoms with Crippen molar-refractivity contribution in [2.75, 3.05) is 20.1 Å². The van der Waals surface area contributed by atoms with E-state index in [1.807, 2.05) is 76.2 Å². The van der Waals surface area contributed by atoms with Gasteiger partial charge in [0.1, 0.15) is 0 Å². The first-order valence-electron chi connectivity index (χ1n) is 9.54. The normalized spacial score (nSPS) is 12.2. The number of rotatable bonds is 2. The van der Waals surface area contributed by atoms with E-state index >= 15 is 0 Å². The van der Waals surface area contributed by atoms with Gasteiger partial charge in [0.25, 0.3) is 0 Å². The maximum absolute atomic E-state index is 10.3. The fourth-order valence-electron chi connectivity index (χ4n) is 2.36. The van der Waals surface area contributed by atoms with E-state index < -0.39 is 0 Å². The fraction of sp³-hybridized carbons (Fsp3) is 0.391. The van der Waals surface area contributed by atoms with Crippen LogP contribution in [0.25, 0.3) is 11.1 Å². The third-order valence-electron chi connectivity index (χ3n) is 3.58. The van der Waals surface area contributed by atoms with Crippen molar-refractivity contribution in [3.05, 3.63) is 61.0 Å². The molecule has 4 heteroatoms. The predicted octanol–water partition coefficient (Wildman–Crippen LogP) is 6.29. The van der Waals surface area contributed by atoms with Crippen molar-refractivity contribution in [1.82, 2.24) is 4.90 Å². The Hall–Kier alpha value is -1.53. The molecule has 2 aromatic rings. The molecule has 0 bridgehead atoms. The molecule has 1 saturated heterocycles. The zero-order chi connectivity index (χ0) is 19.6. The maximum atomic E-state index is 10.3. The number of likely N-dealkylation sites (tertiary alicyclic amines) is 1. The van der Waals surface area contributed by atoms with Gasteiger partial charge >= 0.3 is 0 Å². The number of isocyanates is 1. The molecular weight excluding hydrogens is 504 g/mol. The largest absolute Gasteiger partial charge is 0.326 e. The van der Waals surface area contributed by atoms with Crippen LogP contribution in [0.2, 0.25) is 0 Å². The Balaban J connectivity index is 0. The van der Waals surface area contributed by atoms with Crippen LogP contribution in [0, 0.1) is 6.42 Å². The van der Waals surface area contributed by atoms with Crippen LogP contribution in [0.5, 0.6) is 0 Å². The summed E-state index contributed by atoms with van der Waals surface area (Å²) in [6.45, 7) is 10.5. The van der Waals surface area contributed by atoms with Gasteiger partial charge in [0.2, 0.25) is 6.08 Å². The third kappa shape index (κ3) is 11.7. The van der Waals surface area contributed by atoms with Gasteiger partial charge in [-0.05, 0) is 31.8 Å². The van der Waals surface area contributed by atoms with Crippen molar-refractivity contribution in [2.24, 2.45) is 4.99 Å². The van der Waals surface area contributed by atoms with Crippen LogP contribution in [0.4, 0.5) is 5.69 Å². The molecule has 0 saturated carbocycles. The molecule has 1 aliphatic heterocycles. The monoisotopic (exact) mass is 537 g/mol. The van der Waals surface area contributed by atoms with E-state index in [1.54, 1.807) is 12.1 Å². The second-order valence-corrected chi connectivity index (χ2v) is 5.26. The maximum Gasteiger partial charge on any atom is 0.240 e. The van der Waals surface area contributed by atoms with Gasteiger partial charge in [-0.25, -0.2) is 4.79 Å². The van der Waals surface area contributed by atoms with E-state index in [4.69, 9.17) is 0 Å². The number of benzene rings is 2. The summed E-state index contributed by atoms with van der Waals surface area (Å²) in [5, 5.41) is 0. The first-order chi connectivity index (χ1) is 12.8. The van der Waals surface area contributed by atoms with Crippen LogP contribution >= 0.6 is 0 Å². The van der Waals surface area contributed by atoms with E-state index in [0.717, 1.165) is 11.1 Å². The van der Waals surface area contributed by atoms with Gasteiger partial charge < -0.3 is 11.3 Å². The zero-order valence-electron chi connectivity index (χ0n) is 17.3. The van der Waals surface area contributed by atoms with Gasteiger partial charge in [-0.1, -0.05) is 76.2 Å². The van der Waals surface area contributed by atoms with Gasteiger partial charge in [-0.2, -0.15) is 17.8 Å². The van der Waals surface area contributed by atoms with E-state index in [0.29, 0.717) is 5.69 Å². The van der Waals surface area contributed by atoms with Crippen molar-refractivity contribution < 1.29 is 25.9 Å². The molecule has 0 spiro atoms. The molecule has 1 heterocycles. The number of para-hydroxylation sites is 1. The molecule has 3 nitrogen and oxygen atoms in total. The molecule has 3 rings (SSSR count). The summed E-state index contributed by atoms with van der Waals surface area (Å²) in [7, 11) is 2.17. The first kappa shape index (κ1) is 27.7. The Morgan fingerprint density at radius 2 is 1.41 bits per heavy atom. The van der Waals surface area contributed by atoms with Gasteiger partial charge in [0, 0.05) is 26.6 Å². The molecule has 1 aliphatic rings. The Morgan fingerprint density at radius 1 is 0.889 bits per heavy atom. The van der Waals surface area contributed by atoms with E-state index in [1.165, 1.54) is 25.9 Å². The van der Waals surface area contributed by atoms with Crippen LogP contribution in [-0.4, -0.2) is 31.1 Å². The molecule has 148 valence electrons. The van der Waals surface area contributed by atoms with Gasteiger partial charge in [0.05, 0.1) is 5.69 Å². The Morgan fingerprint density at radius 3 is 1.89 bits per heavy atom. The second kappa shape index (κ2) is 19.2. The number of piperidine rings is 1. The predicted molar refractivity (Wildman–Crippen MR) is 113 cm³/mol. The van der Waals surface area contributed by atoms with Gasteiger partial charge in [-0.3, -0.25) is 0 Å². The molecule has 0 aliphatic carbocycles. The van der Waals surface area contributed by atoms with Crippen molar-refractivity contribution in [3.8, 4) is 11.1 Å². The quantitative estimate of drug-likeness (QED) is 0.257. The molecule has 0 N–H and O–H groups in total. The fourth-order valence-corrected chi connectivity index (χ4v) is 2.36. The average Bonchev–Trinajstić information content (AvgIpc) is 2.73.